The third kappa shape index (κ3) is 3.07. The first kappa shape index (κ1) is 14.7. The van der Waals surface area contributed by atoms with Crippen molar-refractivity contribution in [3.05, 3.63) is 70.0 Å². The zero-order chi connectivity index (χ0) is 14.9. The Morgan fingerprint density at radius 3 is 2.05 bits per heavy atom. The Morgan fingerprint density at radius 2 is 1.55 bits per heavy atom. The van der Waals surface area contributed by atoms with Crippen LogP contribution in [0.1, 0.15) is 42.3 Å². The van der Waals surface area contributed by atoms with Gasteiger partial charge >= 0.3 is 0 Å². The molecule has 104 valence electrons. The Bertz CT molecular complexity index is 639. The van der Waals surface area contributed by atoms with Gasteiger partial charge < -0.3 is 0 Å². The predicted octanol–water partition coefficient (Wildman–Crippen LogP) is 5.01. The van der Waals surface area contributed by atoms with Crippen LogP contribution in [0.3, 0.4) is 0 Å². The second-order valence-corrected chi connectivity index (χ2v) is 6.19. The number of benzene rings is 2. The highest BCUT2D eigenvalue weighted by Crippen LogP contribution is 2.23. The monoisotopic (exact) mass is 290 g/mol. The highest BCUT2D eigenvalue weighted by molar-refractivity contribution is 6.31. The highest BCUT2D eigenvalue weighted by Gasteiger charge is 2.15. The van der Waals surface area contributed by atoms with Gasteiger partial charge in [-0.25, -0.2) is 4.39 Å². The number of ketones is 1. The normalized spacial score (nSPS) is 11.4. The second kappa shape index (κ2) is 5.37. The van der Waals surface area contributed by atoms with E-state index in [-0.39, 0.29) is 16.2 Å². The molecule has 0 fully saturated rings. The molecule has 0 amide bonds. The van der Waals surface area contributed by atoms with Gasteiger partial charge in [-0.05, 0) is 29.2 Å². The van der Waals surface area contributed by atoms with Crippen LogP contribution in [0.25, 0.3) is 0 Å². The van der Waals surface area contributed by atoms with Crippen LogP contribution in [-0.2, 0) is 5.41 Å². The van der Waals surface area contributed by atoms with Gasteiger partial charge in [0.1, 0.15) is 5.82 Å². The molecule has 0 aliphatic rings. The minimum Gasteiger partial charge on any atom is -0.289 e. The Balaban J connectivity index is 2.31. The van der Waals surface area contributed by atoms with E-state index in [2.05, 4.69) is 20.8 Å². The number of carbonyl (C=O) groups is 1. The second-order valence-electron chi connectivity index (χ2n) is 5.79. The summed E-state index contributed by atoms with van der Waals surface area (Å²) in [4.78, 5) is 12.3. The molecule has 0 bridgehead atoms. The van der Waals surface area contributed by atoms with Crippen LogP contribution in [-0.4, -0.2) is 5.78 Å². The highest BCUT2D eigenvalue weighted by atomic mass is 35.5. The third-order valence-electron chi connectivity index (χ3n) is 3.19. The number of hydrogen-bond donors (Lipinski definition) is 0. The van der Waals surface area contributed by atoms with Gasteiger partial charge in [-0.1, -0.05) is 56.6 Å². The molecule has 0 radical (unpaired) electrons. The standard InChI is InChI=1S/C17H16ClFO/c1-17(2,3)13-7-4-11(5-8-13)16(20)12-6-9-15(19)14(18)10-12/h4-10H,1-3H3. The molecular formula is C17H16ClFO. The Morgan fingerprint density at radius 1 is 1.00 bits per heavy atom. The van der Waals surface area contributed by atoms with E-state index in [1.165, 1.54) is 18.2 Å². The zero-order valence-electron chi connectivity index (χ0n) is 11.7. The van der Waals surface area contributed by atoms with Gasteiger partial charge in [-0.3, -0.25) is 4.79 Å². The van der Waals surface area contributed by atoms with E-state index in [9.17, 15) is 9.18 Å². The van der Waals surface area contributed by atoms with E-state index in [4.69, 9.17) is 11.6 Å². The van der Waals surface area contributed by atoms with Crippen molar-refractivity contribution in [3.63, 3.8) is 0 Å². The summed E-state index contributed by atoms with van der Waals surface area (Å²) in [5, 5.41) is -0.0397. The molecule has 2 aromatic carbocycles. The largest absolute Gasteiger partial charge is 0.289 e. The average Bonchev–Trinajstić information content (AvgIpc) is 2.40. The lowest BCUT2D eigenvalue weighted by Crippen LogP contribution is -2.11. The lowest BCUT2D eigenvalue weighted by molar-refractivity contribution is 0.103. The summed E-state index contributed by atoms with van der Waals surface area (Å²) in [5.74, 6) is -0.682. The fourth-order valence-electron chi connectivity index (χ4n) is 1.93. The summed E-state index contributed by atoms with van der Waals surface area (Å²) in [7, 11) is 0. The molecule has 0 N–H and O–H groups in total. The van der Waals surface area contributed by atoms with Crippen LogP contribution in [0.4, 0.5) is 4.39 Å². The van der Waals surface area contributed by atoms with E-state index in [1.807, 2.05) is 12.1 Å². The summed E-state index contributed by atoms with van der Waals surface area (Å²) in [6.07, 6.45) is 0. The van der Waals surface area contributed by atoms with Gasteiger partial charge in [0.25, 0.3) is 0 Å². The van der Waals surface area contributed by atoms with Crippen molar-refractivity contribution in [3.8, 4) is 0 Å². The molecule has 1 nitrogen and oxygen atoms in total. The molecule has 0 heterocycles. The van der Waals surface area contributed by atoms with Crippen molar-refractivity contribution in [2.45, 2.75) is 26.2 Å². The molecule has 2 rings (SSSR count). The first-order valence-corrected chi connectivity index (χ1v) is 6.77. The molecule has 0 aliphatic heterocycles. The Kier molecular flexibility index (Phi) is 3.96. The molecule has 0 atom stereocenters. The van der Waals surface area contributed by atoms with Gasteiger partial charge in [0.05, 0.1) is 5.02 Å². The van der Waals surface area contributed by atoms with E-state index in [1.54, 1.807) is 12.1 Å². The summed E-state index contributed by atoms with van der Waals surface area (Å²) in [5.41, 5.74) is 2.16. The maximum atomic E-state index is 13.1. The van der Waals surface area contributed by atoms with E-state index < -0.39 is 5.82 Å². The van der Waals surface area contributed by atoms with Crippen LogP contribution >= 0.6 is 11.6 Å². The lowest BCUT2D eigenvalue weighted by Gasteiger charge is -2.19. The minimum absolute atomic E-state index is 0.0397. The topological polar surface area (TPSA) is 17.1 Å². The average molecular weight is 291 g/mol. The molecule has 0 saturated heterocycles. The maximum absolute atomic E-state index is 13.1. The predicted molar refractivity (Wildman–Crippen MR) is 80.0 cm³/mol. The lowest BCUT2D eigenvalue weighted by atomic mass is 9.86. The molecule has 2 aromatic rings. The van der Waals surface area contributed by atoms with Gasteiger partial charge in [0, 0.05) is 11.1 Å². The smallest absolute Gasteiger partial charge is 0.193 e. The van der Waals surface area contributed by atoms with Crippen molar-refractivity contribution in [2.75, 3.05) is 0 Å². The molecule has 0 saturated carbocycles. The first-order valence-electron chi connectivity index (χ1n) is 6.39. The molecule has 20 heavy (non-hydrogen) atoms. The number of carbonyl (C=O) groups excluding carboxylic acids is 1. The fraction of sp³-hybridized carbons (Fsp3) is 0.235. The Labute approximate surface area is 123 Å². The number of hydrogen-bond acceptors (Lipinski definition) is 1. The van der Waals surface area contributed by atoms with Gasteiger partial charge in [-0.15, -0.1) is 0 Å². The molecule has 0 spiro atoms. The fourth-order valence-corrected chi connectivity index (χ4v) is 2.11. The van der Waals surface area contributed by atoms with Gasteiger partial charge in [0.15, 0.2) is 5.78 Å². The first-order chi connectivity index (χ1) is 9.29. The molecule has 3 heteroatoms. The summed E-state index contributed by atoms with van der Waals surface area (Å²) in [6, 6.07) is 11.5. The molecule has 0 aromatic heterocycles. The van der Waals surface area contributed by atoms with E-state index in [0.29, 0.717) is 11.1 Å². The van der Waals surface area contributed by atoms with E-state index >= 15 is 0 Å². The Hall–Kier alpha value is -1.67. The summed E-state index contributed by atoms with van der Waals surface area (Å²) < 4.78 is 13.1. The third-order valence-corrected chi connectivity index (χ3v) is 3.48. The van der Waals surface area contributed by atoms with Crippen molar-refractivity contribution < 1.29 is 9.18 Å². The van der Waals surface area contributed by atoms with Gasteiger partial charge in [-0.2, -0.15) is 0 Å². The van der Waals surface area contributed by atoms with Crippen LogP contribution in [0.2, 0.25) is 5.02 Å². The molecular weight excluding hydrogens is 275 g/mol. The maximum Gasteiger partial charge on any atom is 0.193 e. The summed E-state index contributed by atoms with van der Waals surface area (Å²) >= 11 is 5.70. The van der Waals surface area contributed by atoms with Crippen LogP contribution in [0.15, 0.2) is 42.5 Å². The van der Waals surface area contributed by atoms with Crippen molar-refractivity contribution >= 4 is 17.4 Å². The van der Waals surface area contributed by atoms with Crippen LogP contribution in [0.5, 0.6) is 0 Å². The molecule has 0 aliphatic carbocycles. The molecule has 0 unspecified atom stereocenters. The quantitative estimate of drug-likeness (QED) is 0.711. The van der Waals surface area contributed by atoms with Crippen molar-refractivity contribution in [1.82, 2.24) is 0 Å². The van der Waals surface area contributed by atoms with Gasteiger partial charge in [0.2, 0.25) is 0 Å². The zero-order valence-corrected chi connectivity index (χ0v) is 12.5. The SMILES string of the molecule is CC(C)(C)c1ccc(C(=O)c2ccc(F)c(Cl)c2)cc1. The van der Waals surface area contributed by atoms with Crippen LogP contribution in [0, 0.1) is 5.82 Å². The van der Waals surface area contributed by atoms with Crippen molar-refractivity contribution in [2.24, 2.45) is 0 Å². The summed E-state index contributed by atoms with van der Waals surface area (Å²) in [6.45, 7) is 6.34. The van der Waals surface area contributed by atoms with Crippen molar-refractivity contribution in [1.29, 1.82) is 0 Å². The van der Waals surface area contributed by atoms with Crippen LogP contribution < -0.4 is 0 Å². The number of rotatable bonds is 2. The van der Waals surface area contributed by atoms with E-state index in [0.717, 1.165) is 5.56 Å². The number of halogens is 2. The minimum atomic E-state index is -0.522.